The fourth-order valence-corrected chi connectivity index (χ4v) is 3.84. The van der Waals surface area contributed by atoms with Crippen LogP contribution < -0.4 is 0 Å². The maximum Gasteiger partial charge on any atom is 0.341 e. The molecule has 0 amide bonds. The number of fused-ring (bicyclic) bond motifs is 3. The molecular weight excluding hydrogens is 342 g/mol. The van der Waals surface area contributed by atoms with Gasteiger partial charge in [0.1, 0.15) is 0 Å². The first kappa shape index (κ1) is 19.0. The second-order valence-electron chi connectivity index (χ2n) is 7.34. The van der Waals surface area contributed by atoms with E-state index in [1.54, 1.807) is 0 Å². The van der Waals surface area contributed by atoms with Crippen LogP contribution in [-0.4, -0.2) is 28.2 Å². The van der Waals surface area contributed by atoms with Crippen molar-refractivity contribution in [1.29, 1.82) is 0 Å². The number of carbonyl (C=O) groups excluding carboxylic acids is 1. The summed E-state index contributed by atoms with van der Waals surface area (Å²) in [5.41, 5.74) is 1.51. The number of rotatable bonds is 7. The number of ether oxygens (including phenoxy) is 1. The van der Waals surface area contributed by atoms with Gasteiger partial charge in [-0.1, -0.05) is 43.3 Å². The molecule has 5 nitrogen and oxygen atoms in total. The SMILES string of the molecule is CCC(C)(CC(C)n1c2ccccc2c2ccccc21)C(=O)OCC(=O)O. The molecule has 0 aliphatic rings. The molecule has 0 saturated heterocycles. The summed E-state index contributed by atoms with van der Waals surface area (Å²) in [6.07, 6.45) is 1.14. The lowest BCUT2D eigenvalue weighted by Gasteiger charge is -2.30. The zero-order valence-electron chi connectivity index (χ0n) is 15.9. The highest BCUT2D eigenvalue weighted by Crippen LogP contribution is 2.38. The van der Waals surface area contributed by atoms with Crippen LogP contribution in [0.3, 0.4) is 0 Å². The molecule has 0 saturated carbocycles. The average molecular weight is 367 g/mol. The lowest BCUT2D eigenvalue weighted by Crippen LogP contribution is -2.33. The summed E-state index contributed by atoms with van der Waals surface area (Å²) in [5, 5.41) is 11.2. The van der Waals surface area contributed by atoms with Crippen molar-refractivity contribution >= 4 is 33.7 Å². The zero-order chi connectivity index (χ0) is 19.6. The largest absolute Gasteiger partial charge is 0.479 e. The first-order valence-electron chi connectivity index (χ1n) is 9.24. The van der Waals surface area contributed by atoms with Gasteiger partial charge in [-0.15, -0.1) is 0 Å². The van der Waals surface area contributed by atoms with Gasteiger partial charge < -0.3 is 14.4 Å². The lowest BCUT2D eigenvalue weighted by atomic mass is 9.81. The first-order valence-corrected chi connectivity index (χ1v) is 9.24. The summed E-state index contributed by atoms with van der Waals surface area (Å²) in [6.45, 7) is 5.28. The molecule has 142 valence electrons. The van der Waals surface area contributed by atoms with E-state index in [4.69, 9.17) is 9.84 Å². The Morgan fingerprint density at radius 3 is 2.07 bits per heavy atom. The van der Waals surface area contributed by atoms with E-state index in [1.807, 2.05) is 38.1 Å². The third kappa shape index (κ3) is 3.54. The summed E-state index contributed by atoms with van der Waals surface area (Å²) >= 11 is 0. The number of carboxylic acids is 1. The lowest BCUT2D eigenvalue weighted by molar-refractivity contribution is -0.163. The van der Waals surface area contributed by atoms with Crippen molar-refractivity contribution in [2.24, 2.45) is 5.41 Å². The molecule has 2 unspecified atom stereocenters. The highest BCUT2D eigenvalue weighted by molar-refractivity contribution is 6.08. The molecule has 0 bridgehead atoms. The predicted molar refractivity (Wildman–Crippen MR) is 106 cm³/mol. The summed E-state index contributed by atoms with van der Waals surface area (Å²) in [4.78, 5) is 23.3. The van der Waals surface area contributed by atoms with Crippen LogP contribution in [0.4, 0.5) is 0 Å². The Labute approximate surface area is 158 Å². The van der Waals surface area contributed by atoms with Crippen molar-refractivity contribution in [3.05, 3.63) is 48.5 Å². The van der Waals surface area contributed by atoms with Crippen molar-refractivity contribution in [1.82, 2.24) is 4.57 Å². The van der Waals surface area contributed by atoms with Crippen LogP contribution in [-0.2, 0) is 14.3 Å². The standard InChI is InChI=1S/C22H25NO4/c1-4-22(3,21(26)27-14-20(24)25)13-15(2)23-18-11-7-5-9-16(18)17-10-6-8-12-19(17)23/h5-12,15H,4,13-14H2,1-3H3,(H,24,25). The van der Waals surface area contributed by atoms with Gasteiger partial charge in [-0.05, 0) is 38.8 Å². The van der Waals surface area contributed by atoms with Gasteiger partial charge >= 0.3 is 11.9 Å². The number of hydrogen-bond acceptors (Lipinski definition) is 3. The van der Waals surface area contributed by atoms with Crippen molar-refractivity contribution in [2.75, 3.05) is 6.61 Å². The first-order chi connectivity index (χ1) is 12.9. The van der Waals surface area contributed by atoms with Gasteiger partial charge in [0.15, 0.2) is 6.61 Å². The number of benzene rings is 2. The molecule has 1 aromatic heterocycles. The van der Waals surface area contributed by atoms with E-state index >= 15 is 0 Å². The van der Waals surface area contributed by atoms with E-state index in [0.29, 0.717) is 12.8 Å². The van der Waals surface area contributed by atoms with Gasteiger partial charge in [0.2, 0.25) is 0 Å². The Morgan fingerprint density at radius 2 is 1.59 bits per heavy atom. The summed E-state index contributed by atoms with van der Waals surface area (Å²) in [6, 6.07) is 16.6. The Hall–Kier alpha value is -2.82. The summed E-state index contributed by atoms with van der Waals surface area (Å²) in [7, 11) is 0. The van der Waals surface area contributed by atoms with E-state index < -0.39 is 24.0 Å². The predicted octanol–water partition coefficient (Wildman–Crippen LogP) is 4.79. The maximum absolute atomic E-state index is 12.5. The Balaban J connectivity index is 1.98. The molecule has 0 radical (unpaired) electrons. The number of nitrogens with zero attached hydrogens (tertiary/aromatic N) is 1. The molecule has 0 fully saturated rings. The molecular formula is C22H25NO4. The minimum atomic E-state index is -1.14. The van der Waals surface area contributed by atoms with E-state index in [0.717, 1.165) is 11.0 Å². The average Bonchev–Trinajstić information content (AvgIpc) is 3.00. The van der Waals surface area contributed by atoms with E-state index in [1.165, 1.54) is 10.8 Å². The van der Waals surface area contributed by atoms with Crippen LogP contribution in [0.1, 0.15) is 39.7 Å². The smallest absolute Gasteiger partial charge is 0.341 e. The number of esters is 1. The van der Waals surface area contributed by atoms with Crippen LogP contribution in [0.2, 0.25) is 0 Å². The molecule has 5 heteroatoms. The highest BCUT2D eigenvalue weighted by Gasteiger charge is 2.36. The molecule has 3 aromatic rings. The van der Waals surface area contributed by atoms with Gasteiger partial charge in [-0.2, -0.15) is 0 Å². The van der Waals surface area contributed by atoms with Crippen LogP contribution in [0.5, 0.6) is 0 Å². The summed E-state index contributed by atoms with van der Waals surface area (Å²) < 4.78 is 7.27. The van der Waals surface area contributed by atoms with Crippen molar-refractivity contribution in [3.8, 4) is 0 Å². The number of hydrogen-bond donors (Lipinski definition) is 1. The molecule has 0 aliphatic carbocycles. The quantitative estimate of drug-likeness (QED) is 0.610. The molecule has 0 spiro atoms. The second-order valence-corrected chi connectivity index (χ2v) is 7.34. The van der Waals surface area contributed by atoms with Gasteiger partial charge in [-0.3, -0.25) is 4.79 Å². The third-order valence-corrected chi connectivity index (χ3v) is 5.40. The highest BCUT2D eigenvalue weighted by atomic mass is 16.6. The normalized spacial score (nSPS) is 14.8. The van der Waals surface area contributed by atoms with Crippen LogP contribution in [0.25, 0.3) is 21.8 Å². The van der Waals surface area contributed by atoms with Crippen molar-refractivity contribution in [2.45, 2.75) is 39.7 Å². The number of aliphatic carboxylic acids is 1. The van der Waals surface area contributed by atoms with Crippen molar-refractivity contribution in [3.63, 3.8) is 0 Å². The Morgan fingerprint density at radius 1 is 1.07 bits per heavy atom. The van der Waals surface area contributed by atoms with Crippen LogP contribution in [0.15, 0.2) is 48.5 Å². The summed E-state index contributed by atoms with van der Waals surface area (Å²) in [5.74, 6) is -1.60. The molecule has 2 aromatic carbocycles. The number of para-hydroxylation sites is 2. The minimum absolute atomic E-state index is 0.0390. The van der Waals surface area contributed by atoms with Crippen LogP contribution >= 0.6 is 0 Å². The molecule has 27 heavy (non-hydrogen) atoms. The van der Waals surface area contributed by atoms with Gasteiger partial charge in [0.25, 0.3) is 0 Å². The monoisotopic (exact) mass is 367 g/mol. The van der Waals surface area contributed by atoms with Gasteiger partial charge in [-0.25, -0.2) is 4.79 Å². The van der Waals surface area contributed by atoms with Gasteiger partial charge in [0, 0.05) is 27.8 Å². The van der Waals surface area contributed by atoms with E-state index in [-0.39, 0.29) is 6.04 Å². The number of aromatic nitrogens is 1. The van der Waals surface area contributed by atoms with Gasteiger partial charge in [0.05, 0.1) is 5.41 Å². The maximum atomic E-state index is 12.5. The number of carbonyl (C=O) groups is 2. The zero-order valence-corrected chi connectivity index (χ0v) is 15.9. The topological polar surface area (TPSA) is 68.5 Å². The second kappa shape index (κ2) is 7.43. The Bertz CT molecular complexity index is 937. The third-order valence-electron chi connectivity index (χ3n) is 5.40. The molecule has 3 rings (SSSR count). The Kier molecular flexibility index (Phi) is 5.22. The molecule has 1 N–H and O–H groups in total. The fraction of sp³-hybridized carbons (Fsp3) is 0.364. The van der Waals surface area contributed by atoms with E-state index in [2.05, 4.69) is 35.8 Å². The van der Waals surface area contributed by atoms with Crippen molar-refractivity contribution < 1.29 is 19.4 Å². The minimum Gasteiger partial charge on any atom is -0.479 e. The molecule has 0 aliphatic heterocycles. The van der Waals surface area contributed by atoms with Crippen LogP contribution in [0, 0.1) is 5.41 Å². The number of carboxylic acid groups (broad SMARTS) is 1. The molecule has 1 heterocycles. The molecule has 2 atom stereocenters. The fourth-order valence-electron chi connectivity index (χ4n) is 3.84. The van der Waals surface area contributed by atoms with E-state index in [9.17, 15) is 9.59 Å².